The van der Waals surface area contributed by atoms with Crippen LogP contribution in [0.3, 0.4) is 0 Å². The van der Waals surface area contributed by atoms with Crippen molar-refractivity contribution in [3.8, 4) is 5.75 Å². The minimum absolute atomic E-state index is 0.403. The summed E-state index contributed by atoms with van der Waals surface area (Å²) in [5.74, 6) is 1.40. The molecular weight excluding hydrogens is 322 g/mol. The molecule has 3 rings (SSSR count). The summed E-state index contributed by atoms with van der Waals surface area (Å²) in [6.07, 6.45) is 0. The molecule has 0 saturated heterocycles. The second-order valence-electron chi connectivity index (χ2n) is 5.06. The Hall–Kier alpha value is -2.99. The smallest absolute Gasteiger partial charge is 0.189 e. The molecule has 122 valence electrons. The van der Waals surface area contributed by atoms with Gasteiger partial charge in [-0.3, -0.25) is 10.9 Å². The second kappa shape index (κ2) is 7.06. The molecule has 0 aliphatic carbocycles. The summed E-state index contributed by atoms with van der Waals surface area (Å²) >= 11 is 5.25. The Morgan fingerprint density at radius 3 is 2.71 bits per heavy atom. The van der Waals surface area contributed by atoms with E-state index in [9.17, 15) is 0 Å². The van der Waals surface area contributed by atoms with Crippen molar-refractivity contribution in [2.45, 2.75) is 0 Å². The molecule has 0 radical (unpaired) electrons. The van der Waals surface area contributed by atoms with Crippen LogP contribution in [0.15, 0.2) is 65.6 Å². The van der Waals surface area contributed by atoms with Crippen molar-refractivity contribution >= 4 is 39.7 Å². The number of para-hydroxylation sites is 1. The Morgan fingerprint density at radius 2 is 1.92 bits per heavy atom. The van der Waals surface area contributed by atoms with E-state index in [1.807, 2.05) is 54.6 Å². The average Bonchev–Trinajstić information content (AvgIpc) is 3.04. The largest absolute Gasteiger partial charge is 0.497 e. The summed E-state index contributed by atoms with van der Waals surface area (Å²) in [7, 11) is 1.62. The van der Waals surface area contributed by atoms with Gasteiger partial charge < -0.3 is 14.5 Å². The van der Waals surface area contributed by atoms with E-state index in [0.717, 1.165) is 22.4 Å². The van der Waals surface area contributed by atoms with E-state index in [2.05, 4.69) is 22.7 Å². The van der Waals surface area contributed by atoms with Crippen molar-refractivity contribution in [3.05, 3.63) is 66.9 Å². The van der Waals surface area contributed by atoms with Gasteiger partial charge in [0, 0.05) is 17.1 Å². The van der Waals surface area contributed by atoms with Gasteiger partial charge in [0.05, 0.1) is 12.8 Å². The number of furan rings is 1. The van der Waals surface area contributed by atoms with Gasteiger partial charge in [-0.2, -0.15) is 0 Å². The van der Waals surface area contributed by atoms with Crippen LogP contribution in [0, 0.1) is 0 Å². The molecule has 0 atom stereocenters. The van der Waals surface area contributed by atoms with Gasteiger partial charge in [0.2, 0.25) is 0 Å². The predicted molar refractivity (Wildman–Crippen MR) is 101 cm³/mol. The van der Waals surface area contributed by atoms with Crippen molar-refractivity contribution in [1.29, 1.82) is 0 Å². The monoisotopic (exact) mass is 339 g/mol. The first-order valence-corrected chi connectivity index (χ1v) is 7.71. The summed E-state index contributed by atoms with van der Waals surface area (Å²) in [6, 6.07) is 17.2. The molecule has 3 aromatic rings. The quantitative estimate of drug-likeness (QED) is 0.484. The van der Waals surface area contributed by atoms with Gasteiger partial charge in [-0.05, 0) is 36.5 Å². The number of nitrogens with one attached hydrogen (secondary N) is 3. The SMILES string of the molecule is C=C(NNC(=S)Nc1cccc(OC)c1)c1cc2ccccc2o1. The van der Waals surface area contributed by atoms with Crippen LogP contribution in [0.2, 0.25) is 0 Å². The fourth-order valence-corrected chi connectivity index (χ4v) is 2.36. The highest BCUT2D eigenvalue weighted by molar-refractivity contribution is 7.80. The van der Waals surface area contributed by atoms with Gasteiger partial charge in [-0.25, -0.2) is 0 Å². The molecule has 3 N–H and O–H groups in total. The van der Waals surface area contributed by atoms with E-state index in [1.54, 1.807) is 7.11 Å². The summed E-state index contributed by atoms with van der Waals surface area (Å²) in [5, 5.41) is 4.48. The second-order valence-corrected chi connectivity index (χ2v) is 5.47. The summed E-state index contributed by atoms with van der Waals surface area (Å²) in [5.41, 5.74) is 8.04. The minimum atomic E-state index is 0.403. The highest BCUT2D eigenvalue weighted by Gasteiger charge is 2.07. The number of hydrazine groups is 1. The zero-order valence-corrected chi connectivity index (χ0v) is 13.9. The fraction of sp³-hybridized carbons (Fsp3) is 0.0556. The maximum Gasteiger partial charge on any atom is 0.189 e. The number of hydrogen-bond donors (Lipinski definition) is 3. The van der Waals surface area contributed by atoms with E-state index in [0.29, 0.717) is 16.6 Å². The zero-order valence-electron chi connectivity index (χ0n) is 13.1. The average molecular weight is 339 g/mol. The molecule has 2 aromatic carbocycles. The molecule has 0 fully saturated rings. The Morgan fingerprint density at radius 1 is 1.08 bits per heavy atom. The molecule has 24 heavy (non-hydrogen) atoms. The Bertz CT molecular complexity index is 856. The zero-order chi connectivity index (χ0) is 16.9. The van der Waals surface area contributed by atoms with Crippen LogP contribution in [0.1, 0.15) is 5.76 Å². The Labute approximate surface area is 145 Å². The van der Waals surface area contributed by atoms with Crippen LogP contribution in [-0.2, 0) is 0 Å². The van der Waals surface area contributed by atoms with Crippen LogP contribution >= 0.6 is 12.2 Å². The van der Waals surface area contributed by atoms with E-state index in [4.69, 9.17) is 21.4 Å². The maximum absolute atomic E-state index is 5.73. The fourth-order valence-electron chi connectivity index (χ4n) is 2.19. The number of ether oxygens (including phenoxy) is 1. The first-order valence-electron chi connectivity index (χ1n) is 7.30. The van der Waals surface area contributed by atoms with Crippen LogP contribution in [0.4, 0.5) is 5.69 Å². The van der Waals surface area contributed by atoms with Crippen LogP contribution < -0.4 is 20.9 Å². The lowest BCUT2D eigenvalue weighted by atomic mass is 10.2. The van der Waals surface area contributed by atoms with Gasteiger partial charge in [0.1, 0.15) is 11.3 Å². The van der Waals surface area contributed by atoms with E-state index in [1.165, 1.54) is 0 Å². The lowest BCUT2D eigenvalue weighted by Gasteiger charge is -2.13. The molecule has 0 spiro atoms. The van der Waals surface area contributed by atoms with E-state index >= 15 is 0 Å². The van der Waals surface area contributed by atoms with Gasteiger partial charge in [-0.15, -0.1) is 0 Å². The molecule has 0 saturated carbocycles. The molecule has 0 aliphatic heterocycles. The summed E-state index contributed by atoms with van der Waals surface area (Å²) < 4.78 is 10.9. The number of benzene rings is 2. The van der Waals surface area contributed by atoms with E-state index < -0.39 is 0 Å². The van der Waals surface area contributed by atoms with Gasteiger partial charge in [0.25, 0.3) is 0 Å². The molecule has 0 unspecified atom stereocenters. The van der Waals surface area contributed by atoms with Crippen molar-refractivity contribution in [3.63, 3.8) is 0 Å². The minimum Gasteiger partial charge on any atom is -0.497 e. The summed E-state index contributed by atoms with van der Waals surface area (Å²) in [4.78, 5) is 0. The molecule has 1 aromatic heterocycles. The molecule has 0 bridgehead atoms. The van der Waals surface area contributed by atoms with Gasteiger partial charge >= 0.3 is 0 Å². The molecule has 5 nitrogen and oxygen atoms in total. The molecule has 6 heteroatoms. The van der Waals surface area contributed by atoms with Gasteiger partial charge in [-0.1, -0.05) is 30.8 Å². The number of methoxy groups -OCH3 is 1. The van der Waals surface area contributed by atoms with Crippen molar-refractivity contribution in [2.75, 3.05) is 12.4 Å². The van der Waals surface area contributed by atoms with E-state index in [-0.39, 0.29) is 0 Å². The van der Waals surface area contributed by atoms with Crippen LogP contribution in [0.25, 0.3) is 16.7 Å². The lowest BCUT2D eigenvalue weighted by Crippen LogP contribution is -2.38. The topological polar surface area (TPSA) is 58.5 Å². The first-order chi connectivity index (χ1) is 11.7. The Kier molecular flexibility index (Phi) is 4.67. The third kappa shape index (κ3) is 3.67. The van der Waals surface area contributed by atoms with Gasteiger partial charge in [0.15, 0.2) is 10.9 Å². The third-order valence-corrected chi connectivity index (χ3v) is 3.58. The van der Waals surface area contributed by atoms with Crippen molar-refractivity contribution in [1.82, 2.24) is 10.9 Å². The van der Waals surface area contributed by atoms with Crippen molar-refractivity contribution in [2.24, 2.45) is 0 Å². The third-order valence-electron chi connectivity index (χ3n) is 3.38. The first kappa shape index (κ1) is 15.9. The number of rotatable bonds is 5. The molecule has 1 heterocycles. The number of fused-ring (bicyclic) bond motifs is 1. The molecular formula is C18H17N3O2S. The van der Waals surface area contributed by atoms with Crippen LogP contribution in [-0.4, -0.2) is 12.2 Å². The highest BCUT2D eigenvalue weighted by atomic mass is 32.1. The van der Waals surface area contributed by atoms with Crippen LogP contribution in [0.5, 0.6) is 5.75 Å². The molecule has 0 amide bonds. The highest BCUT2D eigenvalue weighted by Crippen LogP contribution is 2.22. The number of thiocarbonyl (C=S) groups is 1. The molecule has 0 aliphatic rings. The summed E-state index contributed by atoms with van der Waals surface area (Å²) in [6.45, 7) is 3.95. The maximum atomic E-state index is 5.73. The predicted octanol–water partition coefficient (Wildman–Crippen LogP) is 3.90. The normalized spacial score (nSPS) is 10.2. The Balaban J connectivity index is 1.58. The van der Waals surface area contributed by atoms with Crippen molar-refractivity contribution < 1.29 is 9.15 Å². The standard InChI is InChI=1S/C18H17N3O2S/c1-12(17-10-13-6-3-4-9-16(13)23-17)20-21-18(24)19-14-7-5-8-15(11-14)22-2/h3-11,20H,1H2,2H3,(H2,19,21,24). The lowest BCUT2D eigenvalue weighted by molar-refractivity contribution is 0.415. The number of anilines is 1. The number of hydrogen-bond acceptors (Lipinski definition) is 4.